The van der Waals surface area contributed by atoms with Crippen molar-refractivity contribution >= 4 is 23.6 Å². The van der Waals surface area contributed by atoms with Gasteiger partial charge in [0.1, 0.15) is 0 Å². The summed E-state index contributed by atoms with van der Waals surface area (Å²) in [5, 5.41) is 11.5. The first-order valence-electron chi connectivity index (χ1n) is 6.31. The molecular weight excluding hydrogens is 238 g/mol. The van der Waals surface area contributed by atoms with Gasteiger partial charge in [0.25, 0.3) is 0 Å². The second-order valence-corrected chi connectivity index (χ2v) is 5.66. The lowest BCUT2D eigenvalue weighted by Crippen LogP contribution is -2.34. The summed E-state index contributed by atoms with van der Waals surface area (Å²) in [6, 6.07) is 0. The van der Waals surface area contributed by atoms with Crippen LogP contribution in [0.5, 0.6) is 0 Å². The molecule has 0 aromatic heterocycles. The molecular formula is C12H21NO3S. The quantitative estimate of drug-likeness (QED) is 0.687. The Morgan fingerprint density at radius 2 is 2.06 bits per heavy atom. The molecule has 1 rings (SSSR count). The normalized spacial score (nSPS) is 19.9. The third-order valence-corrected chi connectivity index (χ3v) is 4.22. The molecule has 5 heteroatoms. The van der Waals surface area contributed by atoms with Crippen LogP contribution in [0.4, 0.5) is 0 Å². The molecule has 2 N–H and O–H groups in total. The van der Waals surface area contributed by atoms with Crippen molar-refractivity contribution in [1.29, 1.82) is 0 Å². The van der Waals surface area contributed by atoms with Gasteiger partial charge in [0.2, 0.25) is 5.91 Å². The van der Waals surface area contributed by atoms with Gasteiger partial charge in [-0.2, -0.15) is 0 Å². The molecule has 0 bridgehead atoms. The summed E-state index contributed by atoms with van der Waals surface area (Å²) in [6.45, 7) is 0.676. The molecule has 1 saturated heterocycles. The minimum absolute atomic E-state index is 0.141. The van der Waals surface area contributed by atoms with E-state index in [0.717, 1.165) is 31.4 Å². The van der Waals surface area contributed by atoms with Gasteiger partial charge in [0.15, 0.2) is 0 Å². The number of carboxylic acid groups (broad SMARTS) is 1. The molecule has 1 atom stereocenters. The van der Waals surface area contributed by atoms with Crippen molar-refractivity contribution in [2.24, 2.45) is 0 Å². The van der Waals surface area contributed by atoms with E-state index in [9.17, 15) is 9.59 Å². The Balaban J connectivity index is 1.98. The lowest BCUT2D eigenvalue weighted by atomic mass is 10.1. The largest absolute Gasteiger partial charge is 0.481 e. The summed E-state index contributed by atoms with van der Waals surface area (Å²) in [5.74, 6) is 0.511. The van der Waals surface area contributed by atoms with E-state index >= 15 is 0 Å². The van der Waals surface area contributed by atoms with Crippen LogP contribution in [0.15, 0.2) is 0 Å². The molecule has 1 aliphatic heterocycles. The Morgan fingerprint density at radius 1 is 1.24 bits per heavy atom. The molecule has 98 valence electrons. The van der Waals surface area contributed by atoms with Crippen molar-refractivity contribution in [2.45, 2.75) is 50.2 Å². The number of thioether (sulfide) groups is 1. The highest BCUT2D eigenvalue weighted by Crippen LogP contribution is 2.24. The first kappa shape index (κ1) is 14.4. The molecule has 0 saturated carbocycles. The Kier molecular flexibility index (Phi) is 7.08. The van der Waals surface area contributed by atoms with Crippen LogP contribution in [0.25, 0.3) is 0 Å². The van der Waals surface area contributed by atoms with E-state index in [2.05, 4.69) is 5.32 Å². The fourth-order valence-corrected chi connectivity index (χ4v) is 3.07. The van der Waals surface area contributed by atoms with Gasteiger partial charge in [-0.05, 0) is 31.4 Å². The van der Waals surface area contributed by atoms with Crippen LogP contribution >= 0.6 is 11.8 Å². The number of amides is 1. The number of carbonyl (C=O) groups is 2. The highest BCUT2D eigenvalue weighted by atomic mass is 32.2. The van der Waals surface area contributed by atoms with Crippen molar-refractivity contribution < 1.29 is 14.7 Å². The Hall–Kier alpha value is -0.710. The van der Waals surface area contributed by atoms with Crippen molar-refractivity contribution in [3.8, 4) is 0 Å². The Morgan fingerprint density at radius 3 is 2.71 bits per heavy atom. The fourth-order valence-electron chi connectivity index (χ4n) is 1.85. The highest BCUT2D eigenvalue weighted by molar-refractivity contribution is 8.00. The molecule has 4 nitrogen and oxygen atoms in total. The maximum atomic E-state index is 11.7. The summed E-state index contributed by atoms with van der Waals surface area (Å²) in [7, 11) is 0. The van der Waals surface area contributed by atoms with E-state index in [-0.39, 0.29) is 17.6 Å². The number of carbonyl (C=O) groups excluding carboxylic acids is 1. The van der Waals surface area contributed by atoms with Gasteiger partial charge in [-0.25, -0.2) is 0 Å². The molecule has 0 radical (unpaired) electrons. The molecule has 1 amide bonds. The maximum Gasteiger partial charge on any atom is 0.303 e. The molecule has 1 heterocycles. The summed E-state index contributed by atoms with van der Waals surface area (Å²) in [5.41, 5.74) is 0. The number of carboxylic acids is 1. The summed E-state index contributed by atoms with van der Waals surface area (Å²) >= 11 is 1.75. The zero-order chi connectivity index (χ0) is 12.5. The molecule has 1 fully saturated rings. The van der Waals surface area contributed by atoms with E-state index in [1.165, 1.54) is 6.42 Å². The standard InChI is InChI=1S/C12H21NO3S/c14-11(15)7-2-1-4-8-13-12(16)10-6-3-5-9-17-10/h10H,1-9H2,(H,13,16)(H,14,15). The minimum atomic E-state index is -0.743. The monoisotopic (exact) mass is 259 g/mol. The summed E-state index contributed by atoms with van der Waals surface area (Å²) in [6.07, 6.45) is 6.04. The predicted molar refractivity (Wildman–Crippen MR) is 69.2 cm³/mol. The van der Waals surface area contributed by atoms with Crippen LogP contribution in [0.2, 0.25) is 0 Å². The summed E-state index contributed by atoms with van der Waals surface area (Å²) in [4.78, 5) is 22.0. The SMILES string of the molecule is O=C(O)CCCCCNC(=O)C1CCCCS1. The smallest absolute Gasteiger partial charge is 0.303 e. The van der Waals surface area contributed by atoms with Crippen LogP contribution in [0.3, 0.4) is 0 Å². The zero-order valence-corrected chi connectivity index (χ0v) is 10.9. The third kappa shape index (κ3) is 6.56. The topological polar surface area (TPSA) is 66.4 Å². The van der Waals surface area contributed by atoms with Crippen molar-refractivity contribution in [3.63, 3.8) is 0 Å². The third-order valence-electron chi connectivity index (χ3n) is 2.84. The van der Waals surface area contributed by atoms with Gasteiger partial charge in [-0.3, -0.25) is 9.59 Å². The Labute approximate surface area is 107 Å². The van der Waals surface area contributed by atoms with Crippen LogP contribution in [0, 0.1) is 0 Å². The van der Waals surface area contributed by atoms with Crippen LogP contribution in [0.1, 0.15) is 44.9 Å². The first-order chi connectivity index (χ1) is 8.20. The number of rotatable bonds is 7. The van der Waals surface area contributed by atoms with Gasteiger partial charge < -0.3 is 10.4 Å². The molecule has 1 unspecified atom stereocenters. The fraction of sp³-hybridized carbons (Fsp3) is 0.833. The van der Waals surface area contributed by atoms with Gasteiger partial charge in [-0.1, -0.05) is 12.8 Å². The number of aliphatic carboxylic acids is 1. The van der Waals surface area contributed by atoms with E-state index in [0.29, 0.717) is 13.0 Å². The number of unbranched alkanes of at least 4 members (excludes halogenated alkanes) is 2. The molecule has 17 heavy (non-hydrogen) atoms. The molecule has 0 spiro atoms. The molecule has 0 aromatic carbocycles. The lowest BCUT2D eigenvalue weighted by Gasteiger charge is -2.20. The average molecular weight is 259 g/mol. The van der Waals surface area contributed by atoms with E-state index in [1.54, 1.807) is 11.8 Å². The lowest BCUT2D eigenvalue weighted by molar-refractivity contribution is -0.137. The Bertz CT molecular complexity index is 252. The molecule has 0 aliphatic carbocycles. The van der Waals surface area contributed by atoms with Crippen molar-refractivity contribution in [1.82, 2.24) is 5.32 Å². The maximum absolute atomic E-state index is 11.7. The molecule has 1 aliphatic rings. The predicted octanol–water partition coefficient (Wildman–Crippen LogP) is 2.03. The van der Waals surface area contributed by atoms with Gasteiger partial charge in [-0.15, -0.1) is 11.8 Å². The average Bonchev–Trinajstić information content (AvgIpc) is 2.34. The van der Waals surface area contributed by atoms with Crippen molar-refractivity contribution in [2.75, 3.05) is 12.3 Å². The zero-order valence-electron chi connectivity index (χ0n) is 10.1. The second-order valence-electron chi connectivity index (χ2n) is 4.35. The molecule has 0 aromatic rings. The van der Waals surface area contributed by atoms with Gasteiger partial charge >= 0.3 is 5.97 Å². The summed E-state index contributed by atoms with van der Waals surface area (Å²) < 4.78 is 0. The first-order valence-corrected chi connectivity index (χ1v) is 7.36. The van der Waals surface area contributed by atoms with Crippen LogP contribution in [-0.4, -0.2) is 34.5 Å². The van der Waals surface area contributed by atoms with Crippen LogP contribution < -0.4 is 5.32 Å². The van der Waals surface area contributed by atoms with Crippen molar-refractivity contribution in [3.05, 3.63) is 0 Å². The number of nitrogens with one attached hydrogen (secondary N) is 1. The minimum Gasteiger partial charge on any atom is -0.481 e. The van der Waals surface area contributed by atoms with Gasteiger partial charge in [0.05, 0.1) is 5.25 Å². The number of hydrogen-bond donors (Lipinski definition) is 2. The van der Waals surface area contributed by atoms with E-state index < -0.39 is 5.97 Å². The van der Waals surface area contributed by atoms with E-state index in [1.807, 2.05) is 0 Å². The highest BCUT2D eigenvalue weighted by Gasteiger charge is 2.20. The van der Waals surface area contributed by atoms with Gasteiger partial charge in [0, 0.05) is 13.0 Å². The van der Waals surface area contributed by atoms with E-state index in [4.69, 9.17) is 5.11 Å². The second kappa shape index (κ2) is 8.39. The van der Waals surface area contributed by atoms with Crippen LogP contribution in [-0.2, 0) is 9.59 Å². The number of hydrogen-bond acceptors (Lipinski definition) is 3.